The van der Waals surface area contributed by atoms with Crippen molar-refractivity contribution in [2.24, 2.45) is 0 Å². The van der Waals surface area contributed by atoms with Crippen LogP contribution < -0.4 is 5.32 Å². The molecule has 1 heterocycles. The van der Waals surface area contributed by atoms with Gasteiger partial charge in [0, 0.05) is 16.8 Å². The molecule has 0 saturated heterocycles. The number of aromatic nitrogens is 1. The van der Waals surface area contributed by atoms with Gasteiger partial charge in [-0.2, -0.15) is 0 Å². The van der Waals surface area contributed by atoms with E-state index in [0.29, 0.717) is 20.6 Å². The van der Waals surface area contributed by atoms with Crippen LogP contribution in [0.3, 0.4) is 0 Å². The van der Waals surface area contributed by atoms with Crippen LogP contribution in [-0.4, -0.2) is 10.9 Å². The summed E-state index contributed by atoms with van der Waals surface area (Å²) in [6, 6.07) is 8.24. The summed E-state index contributed by atoms with van der Waals surface area (Å²) < 4.78 is 0. The van der Waals surface area contributed by atoms with E-state index in [2.05, 4.69) is 22.9 Å². The number of thiol groups is 1. The van der Waals surface area contributed by atoms with Crippen molar-refractivity contribution in [2.45, 2.75) is 4.90 Å². The van der Waals surface area contributed by atoms with Crippen molar-refractivity contribution in [2.75, 3.05) is 5.32 Å². The first-order valence-corrected chi connectivity index (χ1v) is 6.18. The van der Waals surface area contributed by atoms with Crippen molar-refractivity contribution < 1.29 is 4.79 Å². The molecule has 0 fully saturated rings. The molecule has 2 rings (SSSR count). The number of hydrogen-bond acceptors (Lipinski definition) is 3. The predicted molar refractivity (Wildman–Crippen MR) is 75.9 cm³/mol. The number of pyridine rings is 1. The number of anilines is 1. The molecule has 1 N–H and O–H groups in total. The van der Waals surface area contributed by atoms with Crippen LogP contribution in [0.4, 0.5) is 5.69 Å². The van der Waals surface area contributed by atoms with Crippen LogP contribution in [0.25, 0.3) is 0 Å². The maximum atomic E-state index is 11.9. The van der Waals surface area contributed by atoms with E-state index in [1.165, 1.54) is 6.20 Å². The van der Waals surface area contributed by atoms with Crippen molar-refractivity contribution in [3.05, 3.63) is 52.3 Å². The second kappa shape index (κ2) is 5.61. The molecule has 0 bridgehead atoms. The molecule has 92 valence electrons. The van der Waals surface area contributed by atoms with Crippen molar-refractivity contribution in [3.63, 3.8) is 0 Å². The number of hydrogen-bond donors (Lipinski definition) is 2. The summed E-state index contributed by atoms with van der Waals surface area (Å²) in [4.78, 5) is 16.4. The van der Waals surface area contributed by atoms with Crippen molar-refractivity contribution in [1.29, 1.82) is 0 Å². The molecule has 2 aromatic rings. The van der Waals surface area contributed by atoms with Gasteiger partial charge < -0.3 is 5.32 Å². The molecule has 3 nitrogen and oxygen atoms in total. The van der Waals surface area contributed by atoms with E-state index < -0.39 is 0 Å². The standard InChI is InChI=1S/C12H8Cl2N2OS/c13-8-4-3-7(6-9(8)14)16-12(17)11-10(18)2-1-5-15-11/h1-6,18H,(H,16,17). The Bertz CT molecular complexity index is 604. The fraction of sp³-hybridized carbons (Fsp3) is 0. The first kappa shape index (κ1) is 13.2. The number of nitrogens with one attached hydrogen (secondary N) is 1. The maximum Gasteiger partial charge on any atom is 0.275 e. The highest BCUT2D eigenvalue weighted by molar-refractivity contribution is 7.80. The number of carbonyl (C=O) groups is 1. The number of benzene rings is 1. The summed E-state index contributed by atoms with van der Waals surface area (Å²) in [5.74, 6) is -0.348. The molecule has 0 saturated carbocycles. The Kier molecular flexibility index (Phi) is 4.11. The van der Waals surface area contributed by atoms with E-state index in [9.17, 15) is 4.79 Å². The third-order valence-electron chi connectivity index (χ3n) is 2.18. The second-order valence-electron chi connectivity index (χ2n) is 3.45. The number of carbonyl (C=O) groups excluding carboxylic acids is 1. The zero-order valence-electron chi connectivity index (χ0n) is 9.02. The quantitative estimate of drug-likeness (QED) is 0.825. The van der Waals surface area contributed by atoms with Gasteiger partial charge in [0.05, 0.1) is 10.0 Å². The zero-order chi connectivity index (χ0) is 13.1. The summed E-state index contributed by atoms with van der Waals surface area (Å²) in [6.07, 6.45) is 1.53. The minimum atomic E-state index is -0.348. The van der Waals surface area contributed by atoms with Gasteiger partial charge >= 0.3 is 0 Å². The number of rotatable bonds is 2. The SMILES string of the molecule is O=C(Nc1ccc(Cl)c(Cl)c1)c1ncccc1S. The minimum absolute atomic E-state index is 0.256. The zero-order valence-corrected chi connectivity index (χ0v) is 11.4. The second-order valence-corrected chi connectivity index (χ2v) is 4.75. The Morgan fingerprint density at radius 2 is 2.00 bits per heavy atom. The highest BCUT2D eigenvalue weighted by atomic mass is 35.5. The van der Waals surface area contributed by atoms with Gasteiger partial charge in [0.2, 0.25) is 0 Å². The molecule has 0 atom stereocenters. The first-order chi connectivity index (χ1) is 8.58. The van der Waals surface area contributed by atoms with E-state index >= 15 is 0 Å². The Labute approximate surface area is 120 Å². The molecule has 1 amide bonds. The van der Waals surface area contributed by atoms with Crippen molar-refractivity contribution in [1.82, 2.24) is 4.98 Å². The van der Waals surface area contributed by atoms with E-state index in [4.69, 9.17) is 23.2 Å². The molecule has 6 heteroatoms. The molecule has 0 radical (unpaired) electrons. The van der Waals surface area contributed by atoms with Crippen molar-refractivity contribution >= 4 is 47.4 Å². The molecule has 0 aliphatic rings. The van der Waals surface area contributed by atoms with E-state index in [1.54, 1.807) is 30.3 Å². The lowest BCUT2D eigenvalue weighted by Gasteiger charge is -2.07. The largest absolute Gasteiger partial charge is 0.321 e. The number of nitrogens with zero attached hydrogens (tertiary/aromatic N) is 1. The average Bonchev–Trinajstić information content (AvgIpc) is 2.34. The highest BCUT2D eigenvalue weighted by Gasteiger charge is 2.11. The Balaban J connectivity index is 2.22. The van der Waals surface area contributed by atoms with E-state index in [-0.39, 0.29) is 11.6 Å². The van der Waals surface area contributed by atoms with E-state index in [0.717, 1.165) is 0 Å². The van der Waals surface area contributed by atoms with Gasteiger partial charge in [0.1, 0.15) is 5.69 Å². The molecule has 0 unspecified atom stereocenters. The lowest BCUT2D eigenvalue weighted by molar-refractivity contribution is 0.101. The Hall–Kier alpha value is -1.23. The average molecular weight is 299 g/mol. The van der Waals surface area contributed by atoms with Crippen LogP contribution in [0.15, 0.2) is 41.4 Å². The third-order valence-corrected chi connectivity index (χ3v) is 3.28. The lowest BCUT2D eigenvalue weighted by atomic mass is 10.3. The van der Waals surface area contributed by atoms with Gasteiger partial charge in [-0.05, 0) is 30.3 Å². The normalized spacial score (nSPS) is 10.2. The summed E-state index contributed by atoms with van der Waals surface area (Å²) in [7, 11) is 0. The van der Waals surface area contributed by atoms with Gasteiger partial charge in [-0.3, -0.25) is 4.79 Å². The third kappa shape index (κ3) is 2.96. The van der Waals surface area contributed by atoms with Crippen LogP contribution >= 0.6 is 35.8 Å². The van der Waals surface area contributed by atoms with Gasteiger partial charge in [0.15, 0.2) is 0 Å². The molecule has 1 aromatic carbocycles. The molecule has 0 aliphatic heterocycles. The molecule has 0 aliphatic carbocycles. The Morgan fingerprint density at radius 3 is 2.67 bits per heavy atom. The fourth-order valence-electron chi connectivity index (χ4n) is 1.34. The summed E-state index contributed by atoms with van der Waals surface area (Å²) in [5.41, 5.74) is 0.805. The van der Waals surface area contributed by atoms with Crippen LogP contribution in [0, 0.1) is 0 Å². The molecular formula is C12H8Cl2N2OS. The summed E-state index contributed by atoms with van der Waals surface area (Å²) >= 11 is 15.8. The smallest absolute Gasteiger partial charge is 0.275 e. The molecule has 0 spiro atoms. The Morgan fingerprint density at radius 1 is 1.22 bits per heavy atom. The van der Waals surface area contributed by atoms with Crippen LogP contribution in [0.5, 0.6) is 0 Å². The predicted octanol–water partition coefficient (Wildman–Crippen LogP) is 3.93. The monoisotopic (exact) mass is 298 g/mol. The fourth-order valence-corrected chi connectivity index (χ4v) is 1.88. The van der Waals surface area contributed by atoms with Gasteiger partial charge in [0.25, 0.3) is 5.91 Å². The number of halogens is 2. The van der Waals surface area contributed by atoms with Gasteiger partial charge in [-0.25, -0.2) is 4.98 Å². The van der Waals surface area contributed by atoms with Gasteiger partial charge in [-0.1, -0.05) is 23.2 Å². The molecule has 18 heavy (non-hydrogen) atoms. The van der Waals surface area contributed by atoms with Crippen molar-refractivity contribution in [3.8, 4) is 0 Å². The molecule has 1 aromatic heterocycles. The highest BCUT2D eigenvalue weighted by Crippen LogP contribution is 2.25. The lowest BCUT2D eigenvalue weighted by Crippen LogP contribution is -2.14. The van der Waals surface area contributed by atoms with E-state index in [1.807, 2.05) is 0 Å². The summed E-state index contributed by atoms with van der Waals surface area (Å²) in [5, 5.41) is 3.48. The first-order valence-electron chi connectivity index (χ1n) is 4.98. The topological polar surface area (TPSA) is 42.0 Å². The van der Waals surface area contributed by atoms with Gasteiger partial charge in [-0.15, -0.1) is 12.6 Å². The summed E-state index contributed by atoms with van der Waals surface area (Å²) in [6.45, 7) is 0. The maximum absolute atomic E-state index is 11.9. The van der Waals surface area contributed by atoms with Crippen LogP contribution in [0.2, 0.25) is 10.0 Å². The minimum Gasteiger partial charge on any atom is -0.321 e. The van der Waals surface area contributed by atoms with Crippen LogP contribution in [0.1, 0.15) is 10.5 Å². The number of amides is 1. The molecular weight excluding hydrogens is 291 g/mol. The van der Waals surface area contributed by atoms with Crippen LogP contribution in [-0.2, 0) is 0 Å².